The van der Waals surface area contributed by atoms with Crippen molar-refractivity contribution in [2.75, 3.05) is 0 Å². The lowest BCUT2D eigenvalue weighted by Crippen LogP contribution is -2.28. The first-order valence-electron chi connectivity index (χ1n) is 8.63. The Balaban J connectivity index is 1.84. The molecule has 3 aromatic rings. The van der Waals surface area contributed by atoms with E-state index >= 15 is 0 Å². The number of carbonyl (C=O) groups excluding carboxylic acids is 2. The van der Waals surface area contributed by atoms with Gasteiger partial charge in [-0.1, -0.05) is 35.3 Å². The van der Waals surface area contributed by atoms with Gasteiger partial charge in [-0.05, 0) is 41.3 Å². The van der Waals surface area contributed by atoms with Crippen LogP contribution in [0.15, 0.2) is 65.8 Å². The number of hydrogen-bond acceptors (Lipinski definition) is 5. The van der Waals surface area contributed by atoms with Crippen LogP contribution in [-0.4, -0.2) is 26.7 Å². The molecule has 1 unspecified atom stereocenters. The van der Waals surface area contributed by atoms with Gasteiger partial charge in [0.15, 0.2) is 0 Å². The van der Waals surface area contributed by atoms with Gasteiger partial charge in [-0.15, -0.1) is 11.3 Å². The first-order valence-corrected chi connectivity index (χ1v) is 10.3. The van der Waals surface area contributed by atoms with Crippen LogP contribution in [0.25, 0.3) is 5.76 Å². The van der Waals surface area contributed by atoms with Crippen LogP contribution in [-0.2, 0) is 16.1 Å². The molecule has 8 heteroatoms. The number of aliphatic hydroxyl groups excluding tert-OH is 1. The Kier molecular flexibility index (Phi) is 5.41. The number of nitrogens with zero attached hydrogens (tertiary/aromatic N) is 2. The van der Waals surface area contributed by atoms with Gasteiger partial charge in [-0.2, -0.15) is 0 Å². The molecule has 1 atom stereocenters. The molecule has 29 heavy (non-hydrogen) atoms. The number of halogens is 2. The average Bonchev–Trinajstić information content (AvgIpc) is 3.33. The number of likely N-dealkylation sites (tertiary alicyclic amines) is 1. The number of hydrogen-bond donors (Lipinski definition) is 1. The van der Waals surface area contributed by atoms with E-state index in [4.69, 9.17) is 23.2 Å². The molecular formula is C21H14Cl2N2O3S. The number of Topliss-reactive ketones (excluding diaryl/α,β-unsaturated/α-hetero) is 1. The second-order valence-corrected chi connectivity index (χ2v) is 8.23. The lowest BCUT2D eigenvalue weighted by molar-refractivity contribution is -0.140. The van der Waals surface area contributed by atoms with E-state index in [1.807, 2.05) is 23.6 Å². The predicted molar refractivity (Wildman–Crippen MR) is 113 cm³/mol. The fourth-order valence-electron chi connectivity index (χ4n) is 3.27. The zero-order valence-corrected chi connectivity index (χ0v) is 17.2. The number of amides is 1. The highest BCUT2D eigenvalue weighted by Crippen LogP contribution is 2.42. The maximum Gasteiger partial charge on any atom is 0.295 e. The second-order valence-electron chi connectivity index (χ2n) is 6.43. The SMILES string of the molecule is O=C1C(=O)N(Cc2cccnc2)C(c2cccs2)/C1=C(/O)c1ccc(Cl)c(Cl)c1. The van der Waals surface area contributed by atoms with Crippen LogP contribution in [0, 0.1) is 0 Å². The first-order chi connectivity index (χ1) is 14.0. The largest absolute Gasteiger partial charge is 0.507 e. The van der Waals surface area contributed by atoms with Gasteiger partial charge in [0.2, 0.25) is 0 Å². The molecule has 2 aromatic heterocycles. The normalized spacial score (nSPS) is 18.4. The quantitative estimate of drug-likeness (QED) is 0.346. The van der Waals surface area contributed by atoms with Crippen LogP contribution in [0.2, 0.25) is 10.0 Å². The van der Waals surface area contributed by atoms with Crippen molar-refractivity contribution in [2.45, 2.75) is 12.6 Å². The van der Waals surface area contributed by atoms with Crippen LogP contribution in [0.3, 0.4) is 0 Å². The Morgan fingerprint density at radius 1 is 1.14 bits per heavy atom. The van der Waals surface area contributed by atoms with Crippen molar-refractivity contribution in [1.82, 2.24) is 9.88 Å². The molecule has 1 aliphatic heterocycles. The monoisotopic (exact) mass is 444 g/mol. The van der Waals surface area contributed by atoms with Gasteiger partial charge < -0.3 is 10.0 Å². The van der Waals surface area contributed by atoms with E-state index in [1.165, 1.54) is 28.4 Å². The van der Waals surface area contributed by atoms with Gasteiger partial charge in [0, 0.05) is 29.4 Å². The molecule has 1 aromatic carbocycles. The lowest BCUT2D eigenvalue weighted by atomic mass is 10.00. The maximum absolute atomic E-state index is 12.9. The van der Waals surface area contributed by atoms with Crippen molar-refractivity contribution in [2.24, 2.45) is 0 Å². The Hall–Kier alpha value is -2.67. The summed E-state index contributed by atoms with van der Waals surface area (Å²) in [5, 5.41) is 13.4. The summed E-state index contributed by atoms with van der Waals surface area (Å²) in [7, 11) is 0. The Labute approximate surface area is 180 Å². The van der Waals surface area contributed by atoms with E-state index in [-0.39, 0.29) is 22.9 Å². The average molecular weight is 445 g/mol. The fourth-order valence-corrected chi connectivity index (χ4v) is 4.42. The molecule has 4 rings (SSSR count). The van der Waals surface area contributed by atoms with Crippen molar-refractivity contribution < 1.29 is 14.7 Å². The van der Waals surface area contributed by atoms with Crippen molar-refractivity contribution in [3.05, 3.63) is 91.9 Å². The summed E-state index contributed by atoms with van der Waals surface area (Å²) in [5.41, 5.74) is 1.13. The van der Waals surface area contributed by atoms with Crippen molar-refractivity contribution in [3.8, 4) is 0 Å². The van der Waals surface area contributed by atoms with E-state index < -0.39 is 17.7 Å². The number of benzene rings is 1. The molecule has 0 spiro atoms. The molecule has 146 valence electrons. The van der Waals surface area contributed by atoms with E-state index in [0.717, 1.165) is 10.4 Å². The summed E-state index contributed by atoms with van der Waals surface area (Å²) in [6, 6.07) is 11.1. The van der Waals surface area contributed by atoms with E-state index in [1.54, 1.807) is 24.5 Å². The minimum atomic E-state index is -0.740. The van der Waals surface area contributed by atoms with Crippen LogP contribution in [0.5, 0.6) is 0 Å². The number of ketones is 1. The highest BCUT2D eigenvalue weighted by molar-refractivity contribution is 7.10. The molecular weight excluding hydrogens is 431 g/mol. The van der Waals surface area contributed by atoms with Crippen LogP contribution in [0.1, 0.15) is 22.0 Å². The minimum Gasteiger partial charge on any atom is -0.507 e. The number of pyridine rings is 1. The van der Waals surface area contributed by atoms with Crippen LogP contribution in [0.4, 0.5) is 0 Å². The third kappa shape index (κ3) is 3.67. The molecule has 0 aliphatic carbocycles. The summed E-state index contributed by atoms with van der Waals surface area (Å²) in [6.45, 7) is 0.194. The smallest absolute Gasteiger partial charge is 0.295 e. The molecule has 3 heterocycles. The molecule has 1 amide bonds. The highest BCUT2D eigenvalue weighted by Gasteiger charge is 2.46. The van der Waals surface area contributed by atoms with Crippen molar-refractivity contribution in [1.29, 1.82) is 0 Å². The Morgan fingerprint density at radius 3 is 2.62 bits per heavy atom. The zero-order valence-electron chi connectivity index (χ0n) is 14.9. The topological polar surface area (TPSA) is 70.5 Å². The molecule has 0 radical (unpaired) electrons. The summed E-state index contributed by atoms with van der Waals surface area (Å²) in [5.74, 6) is -1.70. The predicted octanol–water partition coefficient (Wildman–Crippen LogP) is 5.07. The van der Waals surface area contributed by atoms with Gasteiger partial charge in [-0.25, -0.2) is 0 Å². The van der Waals surface area contributed by atoms with E-state index in [9.17, 15) is 14.7 Å². The maximum atomic E-state index is 12.9. The first kappa shape index (κ1) is 19.6. The van der Waals surface area contributed by atoms with Gasteiger partial charge in [0.25, 0.3) is 11.7 Å². The lowest BCUT2D eigenvalue weighted by Gasteiger charge is -2.24. The number of aliphatic hydroxyl groups is 1. The number of aromatic nitrogens is 1. The van der Waals surface area contributed by atoms with Crippen LogP contribution >= 0.6 is 34.5 Å². The van der Waals surface area contributed by atoms with E-state index in [2.05, 4.69) is 4.98 Å². The third-order valence-electron chi connectivity index (χ3n) is 4.62. The minimum absolute atomic E-state index is 0.0275. The third-order valence-corrected chi connectivity index (χ3v) is 6.29. The zero-order chi connectivity index (χ0) is 20.5. The van der Waals surface area contributed by atoms with Gasteiger partial charge in [-0.3, -0.25) is 14.6 Å². The van der Waals surface area contributed by atoms with Gasteiger partial charge in [0.1, 0.15) is 5.76 Å². The van der Waals surface area contributed by atoms with Gasteiger partial charge in [0.05, 0.1) is 21.7 Å². The van der Waals surface area contributed by atoms with Crippen molar-refractivity contribution >= 4 is 52.0 Å². The Bertz CT molecular complexity index is 1110. The summed E-state index contributed by atoms with van der Waals surface area (Å²) < 4.78 is 0. The number of rotatable bonds is 4. The van der Waals surface area contributed by atoms with E-state index in [0.29, 0.717) is 10.6 Å². The number of thiophene rings is 1. The molecule has 1 saturated heterocycles. The standard InChI is InChI=1S/C21H14Cl2N2O3S/c22-14-6-5-13(9-15(14)23)19(26)17-18(16-4-2-8-29-16)25(21(28)20(17)27)11-12-3-1-7-24-10-12/h1-10,18,26H,11H2/b19-17-. The molecule has 0 saturated carbocycles. The van der Waals surface area contributed by atoms with Gasteiger partial charge >= 0.3 is 0 Å². The Morgan fingerprint density at radius 2 is 1.97 bits per heavy atom. The molecule has 5 nitrogen and oxygen atoms in total. The summed E-state index contributed by atoms with van der Waals surface area (Å²) in [4.78, 5) is 32.0. The molecule has 0 bridgehead atoms. The fraction of sp³-hybridized carbons (Fsp3) is 0.0952. The number of carbonyl (C=O) groups is 2. The molecule has 1 N–H and O–H groups in total. The van der Waals surface area contributed by atoms with Crippen molar-refractivity contribution in [3.63, 3.8) is 0 Å². The summed E-state index contributed by atoms with van der Waals surface area (Å²) in [6.07, 6.45) is 3.28. The van der Waals surface area contributed by atoms with Crippen LogP contribution < -0.4 is 0 Å². The molecule has 1 aliphatic rings. The highest BCUT2D eigenvalue weighted by atomic mass is 35.5. The summed E-state index contributed by atoms with van der Waals surface area (Å²) >= 11 is 13.4. The second kappa shape index (κ2) is 7.99. The molecule has 1 fully saturated rings.